The first-order chi connectivity index (χ1) is 15.0. The highest BCUT2D eigenvalue weighted by Gasteiger charge is 2.36. The summed E-state index contributed by atoms with van der Waals surface area (Å²) >= 11 is 0. The third kappa shape index (κ3) is 4.19. The number of nitrogens with two attached hydrogens (primary N) is 1. The van der Waals surface area contributed by atoms with E-state index >= 15 is 0 Å². The Bertz CT molecular complexity index is 1020. The summed E-state index contributed by atoms with van der Waals surface area (Å²) in [6.07, 6.45) is 2.27. The van der Waals surface area contributed by atoms with Crippen molar-refractivity contribution in [3.63, 3.8) is 0 Å². The second-order valence-electron chi connectivity index (χ2n) is 7.86. The van der Waals surface area contributed by atoms with Crippen LogP contribution in [0.5, 0.6) is 5.75 Å². The number of hydrogen-bond acceptors (Lipinski definition) is 5. The largest absolute Gasteiger partial charge is 0.495 e. The summed E-state index contributed by atoms with van der Waals surface area (Å²) in [5.41, 5.74) is 7.83. The van der Waals surface area contributed by atoms with E-state index in [4.69, 9.17) is 10.5 Å². The van der Waals surface area contributed by atoms with Crippen LogP contribution in [0.2, 0.25) is 0 Å². The molecule has 2 saturated heterocycles. The number of rotatable bonds is 6. The molecule has 162 valence electrons. The van der Waals surface area contributed by atoms with Gasteiger partial charge in [0, 0.05) is 31.6 Å². The molecule has 8 heteroatoms. The van der Waals surface area contributed by atoms with Crippen molar-refractivity contribution in [3.05, 3.63) is 48.0 Å². The van der Waals surface area contributed by atoms with E-state index in [0.717, 1.165) is 31.6 Å². The molecule has 2 aromatic rings. The molecule has 31 heavy (non-hydrogen) atoms. The van der Waals surface area contributed by atoms with Gasteiger partial charge in [0.25, 0.3) is 0 Å². The lowest BCUT2D eigenvalue weighted by molar-refractivity contribution is -0.122. The Labute approximate surface area is 180 Å². The zero-order valence-electron chi connectivity index (χ0n) is 17.5. The first-order valence-electron chi connectivity index (χ1n) is 10.4. The summed E-state index contributed by atoms with van der Waals surface area (Å²) in [6, 6.07) is 12.4. The average molecular weight is 422 g/mol. The predicted molar refractivity (Wildman–Crippen MR) is 118 cm³/mol. The zero-order chi connectivity index (χ0) is 22.0. The van der Waals surface area contributed by atoms with E-state index in [9.17, 15) is 14.4 Å². The molecule has 0 aromatic heterocycles. The van der Waals surface area contributed by atoms with E-state index in [1.54, 1.807) is 36.3 Å². The summed E-state index contributed by atoms with van der Waals surface area (Å²) < 4.78 is 5.36. The van der Waals surface area contributed by atoms with E-state index in [-0.39, 0.29) is 24.8 Å². The van der Waals surface area contributed by atoms with E-state index in [1.807, 2.05) is 18.2 Å². The van der Waals surface area contributed by atoms with Gasteiger partial charge in [-0.2, -0.15) is 0 Å². The second kappa shape index (κ2) is 8.67. The molecule has 3 amide bonds. The number of amides is 3. The van der Waals surface area contributed by atoms with Crippen molar-refractivity contribution in [2.24, 2.45) is 11.7 Å². The fourth-order valence-electron chi connectivity index (χ4n) is 4.23. The highest BCUT2D eigenvalue weighted by molar-refractivity contribution is 6.05. The third-order valence-electron chi connectivity index (χ3n) is 5.86. The fourth-order valence-corrected chi connectivity index (χ4v) is 4.23. The SMILES string of the molecule is COc1ccccc1N1CC(C(=O)Nc2cc(C(N)=O)ccc2N2CCCC2)CC1=O. The summed E-state index contributed by atoms with van der Waals surface area (Å²) in [4.78, 5) is 41.2. The maximum absolute atomic E-state index is 13.1. The Morgan fingerprint density at radius 3 is 2.55 bits per heavy atom. The number of para-hydroxylation sites is 2. The Balaban J connectivity index is 1.55. The van der Waals surface area contributed by atoms with Crippen LogP contribution in [0.25, 0.3) is 0 Å². The van der Waals surface area contributed by atoms with Gasteiger partial charge in [-0.15, -0.1) is 0 Å². The smallest absolute Gasteiger partial charge is 0.248 e. The number of methoxy groups -OCH3 is 1. The minimum Gasteiger partial charge on any atom is -0.495 e. The van der Waals surface area contributed by atoms with Crippen LogP contribution in [0.15, 0.2) is 42.5 Å². The Hall–Kier alpha value is -3.55. The zero-order valence-corrected chi connectivity index (χ0v) is 17.5. The summed E-state index contributed by atoms with van der Waals surface area (Å²) in [5.74, 6) is -0.867. The normalized spacial score (nSPS) is 18.4. The molecule has 2 heterocycles. The molecule has 1 unspecified atom stereocenters. The number of benzene rings is 2. The van der Waals surface area contributed by atoms with E-state index in [1.165, 1.54) is 0 Å². The molecule has 2 aliphatic rings. The number of anilines is 3. The first-order valence-corrected chi connectivity index (χ1v) is 10.4. The molecule has 0 radical (unpaired) electrons. The average Bonchev–Trinajstić information content (AvgIpc) is 3.43. The van der Waals surface area contributed by atoms with Crippen molar-refractivity contribution in [2.75, 3.05) is 41.9 Å². The maximum Gasteiger partial charge on any atom is 0.248 e. The summed E-state index contributed by atoms with van der Waals surface area (Å²) in [5, 5.41) is 2.95. The maximum atomic E-state index is 13.1. The van der Waals surface area contributed by atoms with Crippen molar-refractivity contribution >= 4 is 34.8 Å². The Morgan fingerprint density at radius 2 is 1.84 bits per heavy atom. The van der Waals surface area contributed by atoms with Gasteiger partial charge in [0.1, 0.15) is 5.75 Å². The molecule has 0 spiro atoms. The molecular weight excluding hydrogens is 396 g/mol. The molecule has 1 atom stereocenters. The fraction of sp³-hybridized carbons (Fsp3) is 0.348. The van der Waals surface area contributed by atoms with Crippen LogP contribution < -0.4 is 25.6 Å². The van der Waals surface area contributed by atoms with Crippen molar-refractivity contribution < 1.29 is 19.1 Å². The van der Waals surface area contributed by atoms with Gasteiger partial charge in [-0.25, -0.2) is 0 Å². The molecule has 4 rings (SSSR count). The van der Waals surface area contributed by atoms with Crippen LogP contribution in [0.4, 0.5) is 17.1 Å². The van der Waals surface area contributed by atoms with Gasteiger partial charge in [0.05, 0.1) is 30.1 Å². The number of primary amides is 1. The van der Waals surface area contributed by atoms with Crippen LogP contribution in [0, 0.1) is 5.92 Å². The molecule has 0 aliphatic carbocycles. The summed E-state index contributed by atoms with van der Waals surface area (Å²) in [6.45, 7) is 2.05. The monoisotopic (exact) mass is 422 g/mol. The second-order valence-corrected chi connectivity index (χ2v) is 7.86. The topological polar surface area (TPSA) is 105 Å². The van der Waals surface area contributed by atoms with Gasteiger partial charge < -0.3 is 25.6 Å². The van der Waals surface area contributed by atoms with Crippen LogP contribution in [0.1, 0.15) is 29.6 Å². The van der Waals surface area contributed by atoms with Crippen molar-refractivity contribution in [3.8, 4) is 5.75 Å². The van der Waals surface area contributed by atoms with Gasteiger partial charge in [-0.3, -0.25) is 14.4 Å². The molecule has 2 aliphatic heterocycles. The minimum atomic E-state index is -0.554. The van der Waals surface area contributed by atoms with Crippen molar-refractivity contribution in [1.82, 2.24) is 0 Å². The quantitative estimate of drug-likeness (QED) is 0.744. The lowest BCUT2D eigenvalue weighted by atomic mass is 10.1. The minimum absolute atomic E-state index is 0.110. The van der Waals surface area contributed by atoms with Gasteiger partial charge in [0.2, 0.25) is 17.7 Å². The van der Waals surface area contributed by atoms with E-state index < -0.39 is 11.8 Å². The summed E-state index contributed by atoms with van der Waals surface area (Å²) in [7, 11) is 1.55. The first kappa shape index (κ1) is 20.7. The lowest BCUT2D eigenvalue weighted by Crippen LogP contribution is -2.29. The standard InChI is InChI=1S/C23H26N4O4/c1-31-20-7-3-2-6-19(20)27-14-16(13-21(27)28)23(30)25-17-12-15(22(24)29)8-9-18(17)26-10-4-5-11-26/h2-3,6-9,12,16H,4-5,10-11,13-14H2,1H3,(H2,24,29)(H,25,30). The van der Waals surface area contributed by atoms with Crippen LogP contribution in [-0.4, -0.2) is 44.5 Å². The highest BCUT2D eigenvalue weighted by Crippen LogP contribution is 2.34. The van der Waals surface area contributed by atoms with Crippen molar-refractivity contribution in [1.29, 1.82) is 0 Å². The van der Waals surface area contributed by atoms with Crippen LogP contribution in [0.3, 0.4) is 0 Å². The van der Waals surface area contributed by atoms with Gasteiger partial charge in [0.15, 0.2) is 0 Å². The number of carbonyl (C=O) groups excluding carboxylic acids is 3. The van der Waals surface area contributed by atoms with E-state index in [2.05, 4.69) is 10.2 Å². The number of hydrogen-bond donors (Lipinski definition) is 2. The van der Waals surface area contributed by atoms with Crippen LogP contribution in [-0.2, 0) is 9.59 Å². The van der Waals surface area contributed by atoms with Gasteiger partial charge in [-0.05, 0) is 43.2 Å². The molecule has 0 bridgehead atoms. The number of nitrogens with zero attached hydrogens (tertiary/aromatic N) is 2. The Morgan fingerprint density at radius 1 is 1.10 bits per heavy atom. The number of carbonyl (C=O) groups is 3. The molecule has 0 saturated carbocycles. The van der Waals surface area contributed by atoms with E-state index in [0.29, 0.717) is 22.7 Å². The number of nitrogens with one attached hydrogen (secondary N) is 1. The van der Waals surface area contributed by atoms with Gasteiger partial charge in [-0.1, -0.05) is 12.1 Å². The molecule has 3 N–H and O–H groups in total. The highest BCUT2D eigenvalue weighted by atomic mass is 16.5. The van der Waals surface area contributed by atoms with Crippen LogP contribution >= 0.6 is 0 Å². The Kier molecular flexibility index (Phi) is 5.79. The number of ether oxygens (including phenoxy) is 1. The molecule has 2 aromatic carbocycles. The van der Waals surface area contributed by atoms with Crippen molar-refractivity contribution in [2.45, 2.75) is 19.3 Å². The molecule has 8 nitrogen and oxygen atoms in total. The molecular formula is C23H26N4O4. The predicted octanol–water partition coefficient (Wildman–Crippen LogP) is 2.39. The third-order valence-corrected chi connectivity index (χ3v) is 5.86. The van der Waals surface area contributed by atoms with Gasteiger partial charge >= 0.3 is 0 Å². The lowest BCUT2D eigenvalue weighted by Gasteiger charge is -2.23. The molecule has 2 fully saturated rings.